The second-order valence-electron chi connectivity index (χ2n) is 5.58. The number of hydrogen-bond acceptors (Lipinski definition) is 3. The van der Waals surface area contributed by atoms with E-state index in [2.05, 4.69) is 17.2 Å². The molecule has 6 heteroatoms. The van der Waals surface area contributed by atoms with Crippen LogP contribution in [-0.4, -0.2) is 30.7 Å². The molecule has 0 aromatic carbocycles. The third-order valence-corrected chi connectivity index (χ3v) is 4.17. The molecule has 0 radical (unpaired) electrons. The standard InChI is InChI=1S/C15H22F3N3/c1-3-19-12-5-7-13(8-6-12)21(2)14-9-4-11(10-20-14)15(16,17)18/h4,9-10,12-13,19H,3,5-8H2,1-2H3. The van der Waals surface area contributed by atoms with Crippen LogP contribution in [0.1, 0.15) is 38.2 Å². The maximum Gasteiger partial charge on any atom is 0.417 e. The van der Waals surface area contributed by atoms with E-state index in [9.17, 15) is 13.2 Å². The van der Waals surface area contributed by atoms with E-state index in [-0.39, 0.29) is 0 Å². The predicted molar refractivity (Wildman–Crippen MR) is 77.4 cm³/mol. The number of halogens is 3. The van der Waals surface area contributed by atoms with Gasteiger partial charge in [0.1, 0.15) is 5.82 Å². The third kappa shape index (κ3) is 4.09. The average molecular weight is 301 g/mol. The van der Waals surface area contributed by atoms with Crippen LogP contribution in [-0.2, 0) is 6.18 Å². The third-order valence-electron chi connectivity index (χ3n) is 4.17. The van der Waals surface area contributed by atoms with E-state index in [0.717, 1.165) is 44.5 Å². The van der Waals surface area contributed by atoms with Crippen molar-refractivity contribution in [2.45, 2.75) is 50.9 Å². The van der Waals surface area contributed by atoms with E-state index in [4.69, 9.17) is 0 Å². The summed E-state index contributed by atoms with van der Waals surface area (Å²) in [5.41, 5.74) is -0.699. The number of pyridine rings is 1. The molecule has 1 aliphatic rings. The number of nitrogens with zero attached hydrogens (tertiary/aromatic N) is 2. The van der Waals surface area contributed by atoms with Gasteiger partial charge in [0.05, 0.1) is 5.56 Å². The van der Waals surface area contributed by atoms with Crippen molar-refractivity contribution in [3.8, 4) is 0 Å². The van der Waals surface area contributed by atoms with Gasteiger partial charge in [-0.05, 0) is 44.4 Å². The molecular weight excluding hydrogens is 279 g/mol. The topological polar surface area (TPSA) is 28.2 Å². The Hall–Kier alpha value is -1.30. The van der Waals surface area contributed by atoms with Gasteiger partial charge < -0.3 is 10.2 Å². The molecule has 1 fully saturated rings. The Morgan fingerprint density at radius 1 is 1.24 bits per heavy atom. The molecule has 0 bridgehead atoms. The molecule has 1 aliphatic carbocycles. The first-order valence-corrected chi connectivity index (χ1v) is 7.41. The van der Waals surface area contributed by atoms with Gasteiger partial charge in [0, 0.05) is 25.3 Å². The summed E-state index contributed by atoms with van der Waals surface area (Å²) >= 11 is 0. The van der Waals surface area contributed by atoms with Gasteiger partial charge in [-0.3, -0.25) is 0 Å². The highest BCUT2D eigenvalue weighted by atomic mass is 19.4. The van der Waals surface area contributed by atoms with Crippen LogP contribution in [0.15, 0.2) is 18.3 Å². The van der Waals surface area contributed by atoms with Crippen LogP contribution < -0.4 is 10.2 Å². The van der Waals surface area contributed by atoms with Gasteiger partial charge in [0.25, 0.3) is 0 Å². The molecular formula is C15H22F3N3. The number of hydrogen-bond donors (Lipinski definition) is 1. The molecule has 1 saturated carbocycles. The van der Waals surface area contributed by atoms with Crippen LogP contribution in [0, 0.1) is 0 Å². The molecule has 2 rings (SSSR count). The zero-order valence-corrected chi connectivity index (χ0v) is 12.5. The van der Waals surface area contributed by atoms with Crippen LogP contribution in [0.3, 0.4) is 0 Å². The molecule has 0 saturated heterocycles. The summed E-state index contributed by atoms with van der Waals surface area (Å²) in [6.45, 7) is 3.08. The molecule has 0 spiro atoms. The normalized spacial score (nSPS) is 23.1. The van der Waals surface area contributed by atoms with E-state index in [1.54, 1.807) is 0 Å². The predicted octanol–water partition coefficient (Wildman–Crippen LogP) is 3.46. The molecule has 1 N–H and O–H groups in total. The van der Waals surface area contributed by atoms with Gasteiger partial charge in [0.15, 0.2) is 0 Å². The quantitative estimate of drug-likeness (QED) is 0.923. The van der Waals surface area contributed by atoms with E-state index < -0.39 is 11.7 Å². The van der Waals surface area contributed by atoms with Gasteiger partial charge in [-0.2, -0.15) is 13.2 Å². The summed E-state index contributed by atoms with van der Waals surface area (Å²) in [5, 5.41) is 3.45. The van der Waals surface area contributed by atoms with Gasteiger partial charge in [-0.25, -0.2) is 4.98 Å². The summed E-state index contributed by atoms with van der Waals surface area (Å²) in [7, 11) is 1.91. The van der Waals surface area contributed by atoms with Crippen molar-refractivity contribution in [3.63, 3.8) is 0 Å². The monoisotopic (exact) mass is 301 g/mol. The summed E-state index contributed by atoms with van der Waals surface area (Å²) in [6.07, 6.45) is 0.866. The van der Waals surface area contributed by atoms with E-state index in [1.165, 1.54) is 6.07 Å². The van der Waals surface area contributed by atoms with Crippen LogP contribution in [0.25, 0.3) is 0 Å². The number of rotatable bonds is 4. The van der Waals surface area contributed by atoms with Gasteiger partial charge in [-0.1, -0.05) is 6.92 Å². The Morgan fingerprint density at radius 2 is 1.90 bits per heavy atom. The van der Waals surface area contributed by atoms with Crippen molar-refractivity contribution in [1.82, 2.24) is 10.3 Å². The average Bonchev–Trinajstić information content (AvgIpc) is 2.47. The SMILES string of the molecule is CCNC1CCC(N(C)c2ccc(C(F)(F)F)cn2)CC1. The van der Waals surface area contributed by atoms with E-state index in [0.29, 0.717) is 17.9 Å². The Balaban J connectivity index is 1.96. The molecule has 118 valence electrons. The van der Waals surface area contributed by atoms with Crippen molar-refractivity contribution >= 4 is 5.82 Å². The highest BCUT2D eigenvalue weighted by molar-refractivity contribution is 5.40. The second kappa shape index (κ2) is 6.64. The lowest BCUT2D eigenvalue weighted by atomic mass is 9.90. The van der Waals surface area contributed by atoms with E-state index in [1.807, 2.05) is 11.9 Å². The zero-order chi connectivity index (χ0) is 15.5. The van der Waals surface area contributed by atoms with Gasteiger partial charge in [-0.15, -0.1) is 0 Å². The lowest BCUT2D eigenvalue weighted by molar-refractivity contribution is -0.137. The largest absolute Gasteiger partial charge is 0.417 e. The number of aromatic nitrogens is 1. The summed E-state index contributed by atoms with van der Waals surface area (Å²) in [4.78, 5) is 5.97. The summed E-state index contributed by atoms with van der Waals surface area (Å²) in [6, 6.07) is 3.48. The number of alkyl halides is 3. The van der Waals surface area contributed by atoms with Crippen LogP contribution in [0.2, 0.25) is 0 Å². The molecule has 0 atom stereocenters. The second-order valence-corrected chi connectivity index (χ2v) is 5.58. The first-order chi connectivity index (χ1) is 9.91. The Kier molecular flexibility index (Phi) is 5.08. The Labute approximate surface area is 123 Å². The molecule has 1 heterocycles. The van der Waals surface area contributed by atoms with Crippen LogP contribution in [0.4, 0.5) is 19.0 Å². The van der Waals surface area contributed by atoms with Gasteiger partial charge >= 0.3 is 6.18 Å². The highest BCUT2D eigenvalue weighted by Crippen LogP contribution is 2.30. The lowest BCUT2D eigenvalue weighted by Crippen LogP contribution is -2.41. The maximum atomic E-state index is 12.5. The first-order valence-electron chi connectivity index (χ1n) is 7.41. The Morgan fingerprint density at radius 3 is 2.38 bits per heavy atom. The van der Waals surface area contributed by atoms with Crippen molar-refractivity contribution in [2.75, 3.05) is 18.5 Å². The summed E-state index contributed by atoms with van der Waals surface area (Å²) < 4.78 is 37.6. The fourth-order valence-corrected chi connectivity index (χ4v) is 2.91. The van der Waals surface area contributed by atoms with Crippen LogP contribution >= 0.6 is 0 Å². The number of nitrogens with one attached hydrogen (secondary N) is 1. The zero-order valence-electron chi connectivity index (χ0n) is 12.5. The van der Waals surface area contributed by atoms with Crippen molar-refractivity contribution in [2.24, 2.45) is 0 Å². The molecule has 3 nitrogen and oxygen atoms in total. The lowest BCUT2D eigenvalue weighted by Gasteiger charge is -2.35. The fraction of sp³-hybridized carbons (Fsp3) is 0.667. The summed E-state index contributed by atoms with van der Waals surface area (Å²) in [5.74, 6) is 0.606. The van der Waals surface area contributed by atoms with Gasteiger partial charge in [0.2, 0.25) is 0 Å². The molecule has 21 heavy (non-hydrogen) atoms. The number of anilines is 1. The maximum absolute atomic E-state index is 12.5. The van der Waals surface area contributed by atoms with Crippen molar-refractivity contribution in [3.05, 3.63) is 23.9 Å². The minimum absolute atomic E-state index is 0.351. The molecule has 1 aromatic heterocycles. The fourth-order valence-electron chi connectivity index (χ4n) is 2.91. The molecule has 0 unspecified atom stereocenters. The molecule has 0 amide bonds. The smallest absolute Gasteiger partial charge is 0.357 e. The molecule has 0 aliphatic heterocycles. The molecule has 1 aromatic rings. The van der Waals surface area contributed by atoms with E-state index >= 15 is 0 Å². The minimum Gasteiger partial charge on any atom is -0.357 e. The first kappa shape index (κ1) is 16.1. The minimum atomic E-state index is -4.33. The van der Waals surface area contributed by atoms with Crippen molar-refractivity contribution in [1.29, 1.82) is 0 Å². The Bertz CT molecular complexity index is 436. The van der Waals surface area contributed by atoms with Crippen molar-refractivity contribution < 1.29 is 13.2 Å². The highest BCUT2D eigenvalue weighted by Gasteiger charge is 2.31. The van der Waals surface area contributed by atoms with Crippen LogP contribution in [0.5, 0.6) is 0 Å².